The van der Waals surface area contributed by atoms with Gasteiger partial charge in [-0.05, 0) is 18.8 Å². The second-order valence-corrected chi connectivity index (χ2v) is 5.57. The lowest BCUT2D eigenvalue weighted by Gasteiger charge is -2.34. The molecule has 92 valence electrons. The van der Waals surface area contributed by atoms with Crippen molar-refractivity contribution in [1.82, 2.24) is 5.32 Å². The number of hydrogen-bond donors (Lipinski definition) is 2. The molecule has 1 unspecified atom stereocenters. The molecule has 0 aromatic rings. The lowest BCUT2D eigenvalue weighted by molar-refractivity contribution is 0.0120. The van der Waals surface area contributed by atoms with Gasteiger partial charge in [-0.3, -0.25) is 0 Å². The Labute approximate surface area is 95.5 Å². The van der Waals surface area contributed by atoms with E-state index in [1.165, 1.54) is 0 Å². The number of hydrogen-bond acceptors (Lipinski definition) is 2. The molecule has 1 atom stereocenters. The molecule has 2 nitrogen and oxygen atoms in total. The van der Waals surface area contributed by atoms with Crippen molar-refractivity contribution in [2.24, 2.45) is 11.3 Å². The molecule has 2 N–H and O–H groups in total. The van der Waals surface area contributed by atoms with E-state index >= 15 is 0 Å². The smallest absolute Gasteiger partial charge is 0.0626 e. The van der Waals surface area contributed by atoms with Crippen LogP contribution in [0.1, 0.15) is 54.4 Å². The summed E-state index contributed by atoms with van der Waals surface area (Å²) in [6.07, 6.45) is 2.08. The molecule has 0 spiro atoms. The van der Waals surface area contributed by atoms with Crippen LogP contribution in [0.15, 0.2) is 0 Å². The minimum atomic E-state index is -0.237. The fourth-order valence-electron chi connectivity index (χ4n) is 1.99. The minimum absolute atomic E-state index is 0.0449. The monoisotopic (exact) mass is 215 g/mol. The molecule has 0 aromatic carbocycles. The Balaban J connectivity index is 4.13. The first-order chi connectivity index (χ1) is 6.85. The van der Waals surface area contributed by atoms with Crippen molar-refractivity contribution in [1.29, 1.82) is 0 Å². The Hall–Kier alpha value is -0.0800. The van der Waals surface area contributed by atoms with Gasteiger partial charge in [-0.25, -0.2) is 0 Å². The van der Waals surface area contributed by atoms with Crippen LogP contribution in [0.25, 0.3) is 0 Å². The predicted molar refractivity (Wildman–Crippen MR) is 67.0 cm³/mol. The zero-order valence-corrected chi connectivity index (χ0v) is 11.3. The summed E-state index contributed by atoms with van der Waals surface area (Å²) in [5.41, 5.74) is -0.0449. The molecule has 0 aliphatic rings. The van der Waals surface area contributed by atoms with Gasteiger partial charge in [-0.2, -0.15) is 0 Å². The van der Waals surface area contributed by atoms with E-state index in [1.54, 1.807) is 0 Å². The second kappa shape index (κ2) is 6.49. The standard InChI is InChI=1S/C13H29NO/c1-7-11(8-2)14-9-13(5,6)12(15)10(3)4/h10-12,14-15H,7-9H2,1-6H3. The Morgan fingerprint density at radius 2 is 1.60 bits per heavy atom. The first-order valence-electron chi connectivity index (χ1n) is 6.26. The van der Waals surface area contributed by atoms with Crippen LogP contribution in [-0.4, -0.2) is 23.8 Å². The van der Waals surface area contributed by atoms with Crippen molar-refractivity contribution in [3.05, 3.63) is 0 Å². The van der Waals surface area contributed by atoms with Gasteiger partial charge in [-0.1, -0.05) is 41.5 Å². The van der Waals surface area contributed by atoms with Crippen molar-refractivity contribution in [2.75, 3.05) is 6.54 Å². The average Bonchev–Trinajstić information content (AvgIpc) is 2.18. The van der Waals surface area contributed by atoms with Crippen LogP contribution < -0.4 is 5.32 Å². The van der Waals surface area contributed by atoms with E-state index in [4.69, 9.17) is 0 Å². The van der Waals surface area contributed by atoms with Gasteiger partial charge in [0, 0.05) is 18.0 Å². The molecule has 0 amide bonds. The number of aliphatic hydroxyl groups excluding tert-OH is 1. The normalized spacial score (nSPS) is 15.0. The van der Waals surface area contributed by atoms with E-state index in [-0.39, 0.29) is 11.5 Å². The zero-order chi connectivity index (χ0) is 12.1. The van der Waals surface area contributed by atoms with Crippen molar-refractivity contribution in [2.45, 2.75) is 66.5 Å². The highest BCUT2D eigenvalue weighted by atomic mass is 16.3. The molecule has 0 aliphatic heterocycles. The molecule has 0 saturated heterocycles. The fourth-order valence-corrected chi connectivity index (χ4v) is 1.99. The van der Waals surface area contributed by atoms with Crippen molar-refractivity contribution in [3.8, 4) is 0 Å². The Morgan fingerprint density at radius 1 is 1.13 bits per heavy atom. The lowest BCUT2D eigenvalue weighted by Crippen LogP contribution is -2.44. The summed E-state index contributed by atoms with van der Waals surface area (Å²) in [5, 5.41) is 13.6. The van der Waals surface area contributed by atoms with Crippen molar-refractivity contribution in [3.63, 3.8) is 0 Å². The molecule has 2 heteroatoms. The van der Waals surface area contributed by atoms with E-state index in [0.717, 1.165) is 19.4 Å². The summed E-state index contributed by atoms with van der Waals surface area (Å²) >= 11 is 0. The second-order valence-electron chi connectivity index (χ2n) is 5.57. The van der Waals surface area contributed by atoms with Crippen LogP contribution in [0.4, 0.5) is 0 Å². The maximum Gasteiger partial charge on any atom is 0.0626 e. The molecule has 0 fully saturated rings. The number of rotatable bonds is 7. The maximum atomic E-state index is 10.1. The quantitative estimate of drug-likeness (QED) is 0.684. The van der Waals surface area contributed by atoms with E-state index in [1.807, 2.05) is 0 Å². The Bertz CT molecular complexity index is 162. The third kappa shape index (κ3) is 4.98. The van der Waals surface area contributed by atoms with Crippen LogP contribution in [0.5, 0.6) is 0 Å². The van der Waals surface area contributed by atoms with E-state index in [9.17, 15) is 5.11 Å². The molecule has 0 aromatic heterocycles. The first kappa shape index (κ1) is 14.9. The molecule has 0 heterocycles. The van der Waals surface area contributed by atoms with Gasteiger partial charge < -0.3 is 10.4 Å². The summed E-state index contributed by atoms with van der Waals surface area (Å²) in [6, 6.07) is 0.587. The first-order valence-corrected chi connectivity index (χ1v) is 6.26. The van der Waals surface area contributed by atoms with E-state index in [2.05, 4.69) is 46.9 Å². The third-order valence-electron chi connectivity index (χ3n) is 3.26. The topological polar surface area (TPSA) is 32.3 Å². The number of aliphatic hydroxyl groups is 1. The molecule has 0 saturated carbocycles. The zero-order valence-electron chi connectivity index (χ0n) is 11.3. The molecule has 0 radical (unpaired) electrons. The number of nitrogens with one attached hydrogen (secondary N) is 1. The predicted octanol–water partition coefficient (Wildman–Crippen LogP) is 2.81. The van der Waals surface area contributed by atoms with Gasteiger partial charge in [0.25, 0.3) is 0 Å². The van der Waals surface area contributed by atoms with Gasteiger partial charge in [0.1, 0.15) is 0 Å². The summed E-state index contributed by atoms with van der Waals surface area (Å²) < 4.78 is 0. The van der Waals surface area contributed by atoms with Crippen LogP contribution in [0.2, 0.25) is 0 Å². The Morgan fingerprint density at radius 3 is 1.93 bits per heavy atom. The molecule has 0 bridgehead atoms. The lowest BCUT2D eigenvalue weighted by atomic mass is 9.80. The van der Waals surface area contributed by atoms with Gasteiger partial charge in [-0.15, -0.1) is 0 Å². The Kier molecular flexibility index (Phi) is 6.46. The highest BCUT2D eigenvalue weighted by molar-refractivity contribution is 4.83. The molecular formula is C13H29NO. The van der Waals surface area contributed by atoms with Crippen LogP contribution >= 0.6 is 0 Å². The average molecular weight is 215 g/mol. The molecule has 0 rings (SSSR count). The summed E-state index contributed by atoms with van der Waals surface area (Å²) in [6.45, 7) is 13.7. The van der Waals surface area contributed by atoms with Gasteiger partial charge >= 0.3 is 0 Å². The van der Waals surface area contributed by atoms with Gasteiger partial charge in [0.05, 0.1) is 6.10 Å². The third-order valence-corrected chi connectivity index (χ3v) is 3.26. The largest absolute Gasteiger partial charge is 0.392 e. The molecule has 0 aliphatic carbocycles. The highest BCUT2D eigenvalue weighted by Gasteiger charge is 2.30. The summed E-state index contributed by atoms with van der Waals surface area (Å²) in [4.78, 5) is 0. The highest BCUT2D eigenvalue weighted by Crippen LogP contribution is 2.25. The van der Waals surface area contributed by atoms with Crippen LogP contribution in [0.3, 0.4) is 0 Å². The minimum Gasteiger partial charge on any atom is -0.392 e. The summed E-state index contributed by atoms with van der Waals surface area (Å²) in [5.74, 6) is 0.323. The molecule has 15 heavy (non-hydrogen) atoms. The van der Waals surface area contributed by atoms with Crippen LogP contribution in [0, 0.1) is 11.3 Å². The van der Waals surface area contributed by atoms with Gasteiger partial charge in [0.2, 0.25) is 0 Å². The fraction of sp³-hybridized carbons (Fsp3) is 1.00. The SMILES string of the molecule is CCC(CC)NCC(C)(C)C(O)C(C)C. The summed E-state index contributed by atoms with van der Waals surface area (Å²) in [7, 11) is 0. The maximum absolute atomic E-state index is 10.1. The van der Waals surface area contributed by atoms with Gasteiger partial charge in [0.15, 0.2) is 0 Å². The van der Waals surface area contributed by atoms with Crippen LogP contribution in [-0.2, 0) is 0 Å². The van der Waals surface area contributed by atoms with Crippen molar-refractivity contribution < 1.29 is 5.11 Å². The van der Waals surface area contributed by atoms with E-state index < -0.39 is 0 Å². The van der Waals surface area contributed by atoms with Crippen molar-refractivity contribution >= 4 is 0 Å². The molecular weight excluding hydrogens is 186 g/mol. The van der Waals surface area contributed by atoms with E-state index in [0.29, 0.717) is 12.0 Å².